The van der Waals surface area contributed by atoms with Crippen LogP contribution in [0.2, 0.25) is 5.02 Å². The van der Waals surface area contributed by atoms with Crippen LogP contribution in [-0.4, -0.2) is 52.9 Å². The van der Waals surface area contributed by atoms with Gasteiger partial charge in [-0.25, -0.2) is 27.7 Å². The molecule has 14 heteroatoms. The first kappa shape index (κ1) is 29.8. The molecular formula is C27H25ClF2N4O7. The number of hydrogen-bond acceptors (Lipinski definition) is 8. The number of hydrogen-bond donors (Lipinski definition) is 2. The van der Waals surface area contributed by atoms with Gasteiger partial charge in [0, 0.05) is 11.6 Å². The Morgan fingerprint density at radius 1 is 1.05 bits per heavy atom. The van der Waals surface area contributed by atoms with E-state index in [1.165, 1.54) is 38.1 Å². The largest absolute Gasteiger partial charge is 0.471 e. The monoisotopic (exact) mass is 590 g/mol. The summed E-state index contributed by atoms with van der Waals surface area (Å²) in [5, 5.41) is 18.9. The molecule has 0 aliphatic carbocycles. The molecule has 216 valence electrons. The van der Waals surface area contributed by atoms with Gasteiger partial charge in [-0.05, 0) is 43.7 Å². The average Bonchev–Trinajstić information content (AvgIpc) is 3.17. The number of carbonyl (C=O) groups is 2. The molecule has 0 aliphatic heterocycles. The molecule has 0 aliphatic rings. The number of fused-ring (bicyclic) bond motifs is 1. The number of aliphatic hydroxyl groups excluding tert-OH is 1. The SMILES string of the molecule is CC(C)(O)CC(=O)n1c(=O)n(C(=O)CCO)c2cc(Cn3cnc(OCc4ccc(F)cc4F)c(Cl)c3=O)ccc21. The quantitative estimate of drug-likeness (QED) is 0.303. The predicted molar refractivity (Wildman–Crippen MR) is 143 cm³/mol. The molecule has 2 N–H and O–H groups in total. The topological polar surface area (TPSA) is 146 Å². The highest BCUT2D eigenvalue weighted by molar-refractivity contribution is 6.31. The van der Waals surface area contributed by atoms with E-state index in [-0.39, 0.29) is 42.0 Å². The van der Waals surface area contributed by atoms with Crippen LogP contribution in [-0.2, 0) is 13.2 Å². The van der Waals surface area contributed by atoms with E-state index in [9.17, 15) is 38.2 Å². The van der Waals surface area contributed by atoms with E-state index < -0.39 is 58.3 Å². The predicted octanol–water partition coefficient (Wildman–Crippen LogP) is 2.74. The molecule has 4 rings (SSSR count). The number of imidazole rings is 1. The molecule has 11 nitrogen and oxygen atoms in total. The highest BCUT2D eigenvalue weighted by Gasteiger charge is 2.26. The maximum Gasteiger partial charge on any atom is 0.342 e. The first-order chi connectivity index (χ1) is 19.3. The molecular weight excluding hydrogens is 566 g/mol. The second-order valence-electron chi connectivity index (χ2n) is 9.85. The first-order valence-electron chi connectivity index (χ1n) is 12.3. The third-order valence-electron chi connectivity index (χ3n) is 6.00. The Morgan fingerprint density at radius 2 is 1.76 bits per heavy atom. The lowest BCUT2D eigenvalue weighted by molar-refractivity contribution is 0.0530. The molecule has 0 radical (unpaired) electrons. The lowest BCUT2D eigenvalue weighted by atomic mass is 10.1. The van der Waals surface area contributed by atoms with E-state index in [0.29, 0.717) is 11.6 Å². The van der Waals surface area contributed by atoms with Crippen LogP contribution in [0.1, 0.15) is 47.4 Å². The number of aliphatic hydroxyl groups is 2. The maximum absolute atomic E-state index is 13.9. The van der Waals surface area contributed by atoms with Gasteiger partial charge in [-0.2, -0.15) is 0 Å². The molecule has 0 amide bonds. The van der Waals surface area contributed by atoms with Gasteiger partial charge in [0.2, 0.25) is 17.7 Å². The standard InChI is InChI=1S/C27H25ClF2N4O7/c1-27(2,40)11-22(37)33-19-6-3-15(9-20(19)34(26(33)39)21(36)7-8-35)12-32-14-31-24(23(28)25(32)38)41-13-16-4-5-17(29)10-18(16)30/h3-6,9-10,14,35,40H,7-8,11-13H2,1-2H3. The summed E-state index contributed by atoms with van der Waals surface area (Å²) < 4.78 is 35.0. The normalized spacial score (nSPS) is 11.7. The van der Waals surface area contributed by atoms with Crippen molar-refractivity contribution < 1.29 is 33.3 Å². The number of benzene rings is 2. The molecule has 0 bridgehead atoms. The van der Waals surface area contributed by atoms with Gasteiger partial charge >= 0.3 is 5.69 Å². The van der Waals surface area contributed by atoms with Crippen molar-refractivity contribution >= 4 is 34.4 Å². The molecule has 2 heterocycles. The smallest absolute Gasteiger partial charge is 0.342 e. The van der Waals surface area contributed by atoms with E-state index in [1.54, 1.807) is 0 Å². The summed E-state index contributed by atoms with van der Waals surface area (Å²) in [6.07, 6.45) is 0.353. The minimum absolute atomic E-state index is 0.0245. The summed E-state index contributed by atoms with van der Waals surface area (Å²) in [5.41, 5.74) is -2.47. The van der Waals surface area contributed by atoms with Gasteiger partial charge in [0.1, 0.15) is 24.6 Å². The summed E-state index contributed by atoms with van der Waals surface area (Å²) in [5.74, 6) is -3.35. The number of rotatable bonds is 9. The molecule has 0 fully saturated rings. The lowest BCUT2D eigenvalue weighted by Crippen LogP contribution is -2.35. The third kappa shape index (κ3) is 6.42. The van der Waals surface area contributed by atoms with E-state index >= 15 is 0 Å². The van der Waals surface area contributed by atoms with Gasteiger partial charge in [0.25, 0.3) is 5.56 Å². The molecule has 0 saturated heterocycles. The van der Waals surface area contributed by atoms with Gasteiger partial charge in [-0.3, -0.25) is 19.0 Å². The minimum Gasteiger partial charge on any atom is -0.471 e. The van der Waals surface area contributed by atoms with Crippen molar-refractivity contribution in [1.29, 1.82) is 0 Å². The second-order valence-corrected chi connectivity index (χ2v) is 10.2. The van der Waals surface area contributed by atoms with Crippen LogP contribution >= 0.6 is 11.6 Å². The number of carbonyl (C=O) groups excluding carboxylic acids is 2. The van der Waals surface area contributed by atoms with Crippen molar-refractivity contribution in [2.45, 2.75) is 45.4 Å². The van der Waals surface area contributed by atoms with Crippen molar-refractivity contribution in [2.75, 3.05) is 6.61 Å². The Hall–Kier alpha value is -4.20. The fraction of sp³-hybridized carbons (Fsp3) is 0.296. The number of ether oxygens (including phenoxy) is 1. The molecule has 0 atom stereocenters. The van der Waals surface area contributed by atoms with Crippen LogP contribution in [0, 0.1) is 11.6 Å². The summed E-state index contributed by atoms with van der Waals surface area (Å²) in [6, 6.07) is 7.32. The zero-order valence-corrected chi connectivity index (χ0v) is 22.7. The van der Waals surface area contributed by atoms with Crippen LogP contribution in [0.3, 0.4) is 0 Å². The van der Waals surface area contributed by atoms with Crippen LogP contribution in [0.4, 0.5) is 8.78 Å². The molecule has 2 aromatic heterocycles. The highest BCUT2D eigenvalue weighted by atomic mass is 35.5. The summed E-state index contributed by atoms with van der Waals surface area (Å²) in [4.78, 5) is 55.6. The lowest BCUT2D eigenvalue weighted by Gasteiger charge is -2.15. The number of halogens is 3. The third-order valence-corrected chi connectivity index (χ3v) is 6.32. The van der Waals surface area contributed by atoms with Crippen molar-refractivity contribution in [1.82, 2.24) is 18.7 Å². The average molecular weight is 591 g/mol. The molecule has 0 spiro atoms. The fourth-order valence-electron chi connectivity index (χ4n) is 4.12. The first-order valence-corrected chi connectivity index (χ1v) is 12.7. The van der Waals surface area contributed by atoms with Gasteiger partial charge in [-0.1, -0.05) is 17.7 Å². The van der Waals surface area contributed by atoms with E-state index in [4.69, 9.17) is 16.3 Å². The van der Waals surface area contributed by atoms with E-state index in [1.807, 2.05) is 0 Å². The Morgan fingerprint density at radius 3 is 2.41 bits per heavy atom. The zero-order valence-electron chi connectivity index (χ0n) is 21.9. The Bertz CT molecular complexity index is 1770. The zero-order chi connectivity index (χ0) is 30.1. The molecule has 0 saturated carbocycles. The fourth-order valence-corrected chi connectivity index (χ4v) is 4.34. The Balaban J connectivity index is 1.67. The second kappa shape index (κ2) is 11.7. The van der Waals surface area contributed by atoms with Gasteiger partial charge < -0.3 is 14.9 Å². The number of nitrogens with zero attached hydrogens (tertiary/aromatic N) is 4. The van der Waals surface area contributed by atoms with Crippen molar-refractivity contribution in [2.24, 2.45) is 0 Å². The molecule has 41 heavy (non-hydrogen) atoms. The van der Waals surface area contributed by atoms with Crippen molar-refractivity contribution in [3.05, 3.63) is 91.3 Å². The van der Waals surface area contributed by atoms with E-state index in [2.05, 4.69) is 4.98 Å². The van der Waals surface area contributed by atoms with E-state index in [0.717, 1.165) is 26.1 Å². The van der Waals surface area contributed by atoms with Crippen LogP contribution in [0.25, 0.3) is 11.0 Å². The summed E-state index contributed by atoms with van der Waals surface area (Å²) in [6.45, 7) is 1.80. The highest BCUT2D eigenvalue weighted by Crippen LogP contribution is 2.21. The summed E-state index contributed by atoms with van der Waals surface area (Å²) >= 11 is 6.15. The molecule has 4 aromatic rings. The Kier molecular flexibility index (Phi) is 8.52. The van der Waals surface area contributed by atoms with Gasteiger partial charge in [-0.15, -0.1) is 0 Å². The number of aromatic nitrogens is 4. The van der Waals surface area contributed by atoms with Gasteiger partial charge in [0.15, 0.2) is 5.02 Å². The maximum atomic E-state index is 13.9. The molecule has 0 unspecified atom stereocenters. The van der Waals surface area contributed by atoms with Crippen LogP contribution < -0.4 is 16.0 Å². The summed E-state index contributed by atoms with van der Waals surface area (Å²) in [7, 11) is 0. The van der Waals surface area contributed by atoms with Gasteiger partial charge in [0.05, 0.1) is 42.6 Å². The van der Waals surface area contributed by atoms with Crippen LogP contribution in [0.15, 0.2) is 52.3 Å². The van der Waals surface area contributed by atoms with Crippen molar-refractivity contribution in [3.63, 3.8) is 0 Å². The minimum atomic E-state index is -1.42. The van der Waals surface area contributed by atoms with Crippen LogP contribution in [0.5, 0.6) is 5.88 Å². The molecule has 2 aromatic carbocycles. The van der Waals surface area contributed by atoms with Crippen molar-refractivity contribution in [3.8, 4) is 5.88 Å². The Labute approximate surface area is 235 Å².